The van der Waals surface area contributed by atoms with Gasteiger partial charge in [-0.3, -0.25) is 0 Å². The highest BCUT2D eigenvalue weighted by Gasteiger charge is 2.53. The van der Waals surface area contributed by atoms with Crippen LogP contribution in [0.1, 0.15) is 27.8 Å². The van der Waals surface area contributed by atoms with Gasteiger partial charge in [0.05, 0.1) is 22.4 Å². The highest BCUT2D eigenvalue weighted by atomic mass is 15.1. The number of benzene rings is 9. The maximum atomic E-state index is 10.5. The van der Waals surface area contributed by atoms with Crippen LogP contribution in [0.4, 0.5) is 17.1 Å². The first kappa shape index (κ1) is 28.8. The molecule has 0 saturated carbocycles. The summed E-state index contributed by atoms with van der Waals surface area (Å²) in [5.41, 5.74) is 13.3. The second kappa shape index (κ2) is 10.8. The van der Waals surface area contributed by atoms with Gasteiger partial charge in [0, 0.05) is 11.1 Å². The van der Waals surface area contributed by atoms with Crippen LogP contribution in [-0.2, 0) is 5.41 Å². The van der Waals surface area contributed by atoms with Crippen molar-refractivity contribution < 1.29 is 0 Å². The lowest BCUT2D eigenvalue weighted by atomic mass is 9.69. The number of para-hydroxylation sites is 2. The maximum absolute atomic E-state index is 10.5. The van der Waals surface area contributed by atoms with Crippen LogP contribution in [0.2, 0.25) is 0 Å². The largest absolute Gasteiger partial charge is 0.309 e. The second-order valence-corrected chi connectivity index (χ2v) is 13.8. The zero-order valence-corrected chi connectivity index (χ0v) is 28.2. The highest BCUT2D eigenvalue weighted by molar-refractivity contribution is 6.24. The molecule has 0 aromatic heterocycles. The smallest absolute Gasteiger partial charge is 0.101 e. The summed E-state index contributed by atoms with van der Waals surface area (Å²) in [4.78, 5) is 2.29. The molecule has 0 saturated heterocycles. The van der Waals surface area contributed by atoms with Crippen LogP contribution in [0.3, 0.4) is 0 Å². The van der Waals surface area contributed by atoms with E-state index in [-0.39, 0.29) is 0 Å². The van der Waals surface area contributed by atoms with Gasteiger partial charge in [-0.05, 0) is 102 Å². The summed E-state index contributed by atoms with van der Waals surface area (Å²) < 4.78 is 0. The number of hydrogen-bond donors (Lipinski definition) is 0. The van der Waals surface area contributed by atoms with Crippen LogP contribution in [0, 0.1) is 11.3 Å². The molecule has 2 nitrogen and oxygen atoms in total. The molecule has 52 heavy (non-hydrogen) atoms. The molecule has 0 bridgehead atoms. The highest BCUT2D eigenvalue weighted by Crippen LogP contribution is 2.67. The third kappa shape index (κ3) is 3.62. The fourth-order valence-corrected chi connectivity index (χ4v) is 9.57. The summed E-state index contributed by atoms with van der Waals surface area (Å²) in [5, 5.41) is 17.9. The standard InChI is InChI=1S/C50H30N2/c51-31-32-16-4-15-29-45(32)52(33-17-2-1-3-18-33)46-30-44-47(40-25-9-7-23-38(40)46)48-39-24-8-5-19-34(39)35-20-6-10-26-41(35)49(48)50(44)42-27-13-11-21-36(42)37-22-12-14-28-43(37)50/h1-30H. The predicted octanol–water partition coefficient (Wildman–Crippen LogP) is 12.8. The first-order valence-electron chi connectivity index (χ1n) is 17.8. The summed E-state index contributed by atoms with van der Waals surface area (Å²) in [6.45, 7) is 0. The van der Waals surface area contributed by atoms with Gasteiger partial charge in [0.25, 0.3) is 0 Å². The van der Waals surface area contributed by atoms with Gasteiger partial charge in [-0.2, -0.15) is 5.26 Å². The zero-order chi connectivity index (χ0) is 34.4. The van der Waals surface area contributed by atoms with Gasteiger partial charge in [0.1, 0.15) is 6.07 Å². The molecule has 0 fully saturated rings. The van der Waals surface area contributed by atoms with Gasteiger partial charge in [-0.1, -0.05) is 152 Å². The summed E-state index contributed by atoms with van der Waals surface area (Å²) >= 11 is 0. The number of anilines is 3. The minimum absolute atomic E-state index is 0.586. The number of fused-ring (bicyclic) bond motifs is 17. The van der Waals surface area contributed by atoms with Crippen molar-refractivity contribution in [2.45, 2.75) is 5.41 Å². The molecule has 9 aromatic carbocycles. The van der Waals surface area contributed by atoms with E-state index in [4.69, 9.17) is 0 Å². The van der Waals surface area contributed by atoms with Gasteiger partial charge in [0.2, 0.25) is 0 Å². The first-order valence-corrected chi connectivity index (χ1v) is 17.8. The van der Waals surface area contributed by atoms with Crippen molar-refractivity contribution in [3.63, 3.8) is 0 Å². The lowest BCUT2D eigenvalue weighted by Gasteiger charge is -2.33. The number of rotatable bonds is 3. The van der Waals surface area contributed by atoms with Gasteiger partial charge in [-0.25, -0.2) is 0 Å². The third-order valence-electron chi connectivity index (χ3n) is 11.5. The molecule has 2 aliphatic rings. The van der Waals surface area contributed by atoms with Crippen molar-refractivity contribution in [1.82, 2.24) is 0 Å². The van der Waals surface area contributed by atoms with Crippen LogP contribution in [0.5, 0.6) is 0 Å². The van der Waals surface area contributed by atoms with Gasteiger partial charge >= 0.3 is 0 Å². The number of nitriles is 1. The van der Waals surface area contributed by atoms with Crippen LogP contribution in [0.25, 0.3) is 54.6 Å². The molecule has 0 unspecified atom stereocenters. The third-order valence-corrected chi connectivity index (χ3v) is 11.5. The monoisotopic (exact) mass is 658 g/mol. The molecule has 0 radical (unpaired) electrons. The quantitative estimate of drug-likeness (QED) is 0.177. The van der Waals surface area contributed by atoms with Gasteiger partial charge in [-0.15, -0.1) is 0 Å². The Hall–Kier alpha value is -6.95. The minimum atomic E-state index is -0.586. The Balaban J connectivity index is 1.40. The van der Waals surface area contributed by atoms with E-state index < -0.39 is 5.41 Å². The Morgan fingerprint density at radius 3 is 1.58 bits per heavy atom. The van der Waals surface area contributed by atoms with Crippen LogP contribution < -0.4 is 4.90 Å². The van der Waals surface area contributed by atoms with Crippen LogP contribution in [0.15, 0.2) is 182 Å². The molecular formula is C50H30N2. The van der Waals surface area contributed by atoms with Crippen molar-refractivity contribution in [1.29, 1.82) is 5.26 Å². The van der Waals surface area contributed by atoms with Crippen molar-refractivity contribution in [2.75, 3.05) is 4.90 Å². The molecule has 1 spiro atoms. The zero-order valence-electron chi connectivity index (χ0n) is 28.2. The van der Waals surface area contributed by atoms with Gasteiger partial charge in [0.15, 0.2) is 0 Å². The van der Waals surface area contributed by atoms with Gasteiger partial charge < -0.3 is 4.90 Å². The van der Waals surface area contributed by atoms with E-state index in [0.29, 0.717) is 5.56 Å². The topological polar surface area (TPSA) is 27.0 Å². The molecule has 0 aliphatic heterocycles. The molecule has 2 heteroatoms. The molecule has 9 aromatic rings. The van der Waals surface area contributed by atoms with Crippen molar-refractivity contribution in [3.05, 3.63) is 210 Å². The lowest BCUT2D eigenvalue weighted by Crippen LogP contribution is -2.26. The number of nitrogens with zero attached hydrogens (tertiary/aromatic N) is 2. The van der Waals surface area contributed by atoms with E-state index in [9.17, 15) is 5.26 Å². The summed E-state index contributed by atoms with van der Waals surface area (Å²) in [5.74, 6) is 0. The molecule has 11 rings (SSSR count). The fourth-order valence-electron chi connectivity index (χ4n) is 9.57. The average Bonchev–Trinajstić information content (AvgIpc) is 3.70. The molecule has 0 atom stereocenters. The Bertz CT molecular complexity index is 2940. The van der Waals surface area contributed by atoms with E-state index in [1.165, 1.54) is 71.4 Å². The van der Waals surface area contributed by atoms with E-state index >= 15 is 0 Å². The second-order valence-electron chi connectivity index (χ2n) is 13.8. The fraction of sp³-hybridized carbons (Fsp3) is 0.0200. The Morgan fingerprint density at radius 1 is 0.404 bits per heavy atom. The Kier molecular flexibility index (Phi) is 5.98. The van der Waals surface area contributed by atoms with E-state index in [1.807, 2.05) is 24.3 Å². The summed E-state index contributed by atoms with van der Waals surface area (Å²) in [6, 6.07) is 68.3. The van der Waals surface area contributed by atoms with Crippen molar-refractivity contribution >= 4 is 49.4 Å². The van der Waals surface area contributed by atoms with E-state index in [2.05, 4.69) is 169 Å². The van der Waals surface area contributed by atoms with E-state index in [1.54, 1.807) is 0 Å². The average molecular weight is 659 g/mol. The summed E-state index contributed by atoms with van der Waals surface area (Å²) in [7, 11) is 0. The normalized spacial score (nSPS) is 13.1. The predicted molar refractivity (Wildman–Crippen MR) is 215 cm³/mol. The SMILES string of the molecule is N#Cc1ccccc1N(c1ccccc1)c1cc2c(c3ccccc13)-c1c(c3ccccc3c3ccccc13)C21c2ccccc2-c2ccccc21. The molecular weight excluding hydrogens is 629 g/mol. The van der Waals surface area contributed by atoms with E-state index in [0.717, 1.165) is 22.4 Å². The van der Waals surface area contributed by atoms with Crippen LogP contribution in [-0.4, -0.2) is 0 Å². The Labute approximate surface area is 302 Å². The number of hydrogen-bond acceptors (Lipinski definition) is 2. The lowest BCUT2D eigenvalue weighted by molar-refractivity contribution is 0.802. The van der Waals surface area contributed by atoms with Crippen molar-refractivity contribution in [2.24, 2.45) is 0 Å². The first-order chi connectivity index (χ1) is 25.8. The molecule has 0 heterocycles. The molecule has 240 valence electrons. The minimum Gasteiger partial charge on any atom is -0.309 e. The van der Waals surface area contributed by atoms with Crippen molar-refractivity contribution in [3.8, 4) is 28.3 Å². The van der Waals surface area contributed by atoms with Crippen LogP contribution >= 0.6 is 0 Å². The Morgan fingerprint density at radius 2 is 0.904 bits per heavy atom. The summed E-state index contributed by atoms with van der Waals surface area (Å²) in [6.07, 6.45) is 0. The molecule has 0 amide bonds. The maximum Gasteiger partial charge on any atom is 0.101 e. The molecule has 0 N–H and O–H groups in total. The molecule has 2 aliphatic carbocycles.